The van der Waals surface area contributed by atoms with Crippen LogP contribution >= 0.6 is 0 Å². The van der Waals surface area contributed by atoms with Gasteiger partial charge >= 0.3 is 0 Å². The third-order valence-corrected chi connectivity index (χ3v) is 6.15. The second-order valence-corrected chi connectivity index (χ2v) is 8.47. The number of ether oxygens (including phenoxy) is 1. The molecule has 0 bridgehead atoms. The molecular weight excluding hydrogens is 370 g/mol. The van der Waals surface area contributed by atoms with Crippen molar-refractivity contribution in [2.75, 3.05) is 19.7 Å². The third kappa shape index (κ3) is 3.97. The zero-order valence-corrected chi connectivity index (χ0v) is 16.9. The SMILES string of the molecule is CC(=O)N[C@H]1CC2(CCN(C(=O)c3ccc4ccccc4n3)CC2)OC[C@]1(C)O. The minimum atomic E-state index is -1.10. The van der Waals surface area contributed by atoms with Gasteiger partial charge in [-0.25, -0.2) is 4.98 Å². The van der Waals surface area contributed by atoms with Gasteiger partial charge < -0.3 is 20.1 Å². The van der Waals surface area contributed by atoms with Crippen LogP contribution in [0.2, 0.25) is 0 Å². The number of likely N-dealkylation sites (tertiary alicyclic amines) is 1. The molecule has 4 rings (SSSR count). The van der Waals surface area contributed by atoms with Gasteiger partial charge in [0.25, 0.3) is 5.91 Å². The number of pyridine rings is 1. The molecule has 0 radical (unpaired) electrons. The second-order valence-electron chi connectivity index (χ2n) is 8.47. The first-order valence-electron chi connectivity index (χ1n) is 10.1. The van der Waals surface area contributed by atoms with E-state index in [4.69, 9.17) is 4.74 Å². The average Bonchev–Trinajstić information content (AvgIpc) is 2.71. The van der Waals surface area contributed by atoms with E-state index >= 15 is 0 Å². The minimum absolute atomic E-state index is 0.0770. The fourth-order valence-corrected chi connectivity index (χ4v) is 4.32. The summed E-state index contributed by atoms with van der Waals surface area (Å²) in [6, 6.07) is 11.1. The van der Waals surface area contributed by atoms with Gasteiger partial charge in [0.1, 0.15) is 11.3 Å². The van der Waals surface area contributed by atoms with E-state index in [1.807, 2.05) is 35.2 Å². The Morgan fingerprint density at radius 3 is 2.66 bits per heavy atom. The van der Waals surface area contributed by atoms with E-state index in [2.05, 4.69) is 10.3 Å². The van der Waals surface area contributed by atoms with E-state index in [9.17, 15) is 14.7 Å². The molecule has 1 aromatic carbocycles. The Morgan fingerprint density at radius 1 is 1.21 bits per heavy atom. The van der Waals surface area contributed by atoms with Crippen molar-refractivity contribution in [2.45, 2.75) is 50.4 Å². The highest BCUT2D eigenvalue weighted by atomic mass is 16.5. The highest BCUT2D eigenvalue weighted by Gasteiger charge is 2.49. The Balaban J connectivity index is 1.44. The number of hydrogen-bond donors (Lipinski definition) is 2. The molecule has 1 aromatic heterocycles. The monoisotopic (exact) mass is 397 g/mol. The van der Waals surface area contributed by atoms with Gasteiger partial charge in [0, 0.05) is 25.4 Å². The van der Waals surface area contributed by atoms with E-state index in [1.165, 1.54) is 6.92 Å². The number of carbonyl (C=O) groups is 2. The normalized spacial score (nSPS) is 26.4. The molecule has 2 aliphatic rings. The lowest BCUT2D eigenvalue weighted by Gasteiger charge is -2.50. The number of piperidine rings is 1. The van der Waals surface area contributed by atoms with Gasteiger partial charge in [-0.2, -0.15) is 0 Å². The molecule has 2 amide bonds. The molecule has 7 heteroatoms. The van der Waals surface area contributed by atoms with Gasteiger partial charge in [0.05, 0.1) is 23.8 Å². The van der Waals surface area contributed by atoms with Gasteiger partial charge in [-0.15, -0.1) is 0 Å². The molecule has 154 valence electrons. The summed E-state index contributed by atoms with van der Waals surface area (Å²) in [7, 11) is 0. The van der Waals surface area contributed by atoms with Crippen molar-refractivity contribution in [2.24, 2.45) is 0 Å². The van der Waals surface area contributed by atoms with Crippen molar-refractivity contribution in [1.82, 2.24) is 15.2 Å². The quantitative estimate of drug-likeness (QED) is 0.807. The van der Waals surface area contributed by atoms with Crippen LogP contribution in [0.5, 0.6) is 0 Å². The molecule has 0 unspecified atom stereocenters. The Labute approximate surface area is 170 Å². The summed E-state index contributed by atoms with van der Waals surface area (Å²) in [5.41, 5.74) is -0.270. The van der Waals surface area contributed by atoms with E-state index in [0.29, 0.717) is 38.0 Å². The number of aromatic nitrogens is 1. The van der Waals surface area contributed by atoms with Gasteiger partial charge in [0.2, 0.25) is 5.91 Å². The predicted octanol–water partition coefficient (Wildman–Crippen LogP) is 1.89. The number of carbonyl (C=O) groups excluding carboxylic acids is 2. The fourth-order valence-electron chi connectivity index (χ4n) is 4.32. The van der Waals surface area contributed by atoms with Crippen LogP contribution in [-0.4, -0.2) is 63.7 Å². The standard InChI is InChI=1S/C22H27N3O4/c1-15(26)23-19-13-22(29-14-21(19,2)28)9-11-25(12-10-22)20(27)18-8-7-16-5-3-4-6-17(16)24-18/h3-8,19,28H,9-14H2,1-2H3,(H,23,26)/t19-,21-/m0/s1. The summed E-state index contributed by atoms with van der Waals surface area (Å²) in [5.74, 6) is -0.242. The maximum atomic E-state index is 13.0. The summed E-state index contributed by atoms with van der Waals surface area (Å²) >= 11 is 0. The molecule has 2 atom stereocenters. The van der Waals surface area contributed by atoms with Crippen molar-refractivity contribution in [3.8, 4) is 0 Å². The maximum absolute atomic E-state index is 13.0. The minimum Gasteiger partial charge on any atom is -0.386 e. The number of benzene rings is 1. The summed E-state index contributed by atoms with van der Waals surface area (Å²) < 4.78 is 6.07. The molecule has 3 heterocycles. The van der Waals surface area contributed by atoms with Gasteiger partial charge in [0.15, 0.2) is 0 Å². The molecule has 0 saturated carbocycles. The lowest BCUT2D eigenvalue weighted by atomic mass is 9.77. The second kappa shape index (κ2) is 7.39. The fraction of sp³-hybridized carbons (Fsp3) is 0.500. The molecule has 1 spiro atoms. The first-order valence-corrected chi connectivity index (χ1v) is 10.1. The van der Waals surface area contributed by atoms with Crippen LogP contribution in [0.1, 0.15) is 43.6 Å². The van der Waals surface area contributed by atoms with Gasteiger partial charge in [-0.3, -0.25) is 9.59 Å². The first kappa shape index (κ1) is 19.8. The van der Waals surface area contributed by atoms with Crippen molar-refractivity contribution in [3.05, 3.63) is 42.1 Å². The molecule has 2 N–H and O–H groups in total. The van der Waals surface area contributed by atoms with Crippen LogP contribution in [-0.2, 0) is 9.53 Å². The summed E-state index contributed by atoms with van der Waals surface area (Å²) in [6.45, 7) is 4.42. The Kier molecular flexibility index (Phi) is 5.04. The third-order valence-electron chi connectivity index (χ3n) is 6.15. The number of amides is 2. The first-order chi connectivity index (χ1) is 13.8. The van der Waals surface area contributed by atoms with Gasteiger partial charge in [-0.05, 0) is 38.3 Å². The number of para-hydroxylation sites is 1. The summed E-state index contributed by atoms with van der Waals surface area (Å²) in [5, 5.41) is 14.4. The molecular formula is C22H27N3O4. The maximum Gasteiger partial charge on any atom is 0.272 e. The number of nitrogens with zero attached hydrogens (tertiary/aromatic N) is 2. The largest absolute Gasteiger partial charge is 0.386 e. The van der Waals surface area contributed by atoms with Crippen LogP contribution in [0.15, 0.2) is 36.4 Å². The topological polar surface area (TPSA) is 91.8 Å². The van der Waals surface area contributed by atoms with Crippen molar-refractivity contribution in [1.29, 1.82) is 0 Å². The smallest absolute Gasteiger partial charge is 0.272 e. The number of fused-ring (bicyclic) bond motifs is 1. The Morgan fingerprint density at radius 2 is 1.93 bits per heavy atom. The zero-order valence-electron chi connectivity index (χ0n) is 16.9. The lowest BCUT2D eigenvalue weighted by Crippen LogP contribution is -2.63. The molecule has 0 aliphatic carbocycles. The number of nitrogens with one attached hydrogen (secondary N) is 1. The zero-order chi connectivity index (χ0) is 20.6. The highest BCUT2D eigenvalue weighted by molar-refractivity contribution is 5.95. The van der Waals surface area contributed by atoms with Crippen LogP contribution < -0.4 is 5.32 Å². The molecule has 2 saturated heterocycles. The number of hydrogen-bond acceptors (Lipinski definition) is 5. The lowest BCUT2D eigenvalue weighted by molar-refractivity contribution is -0.191. The Bertz CT molecular complexity index is 935. The molecule has 2 aromatic rings. The van der Waals surface area contributed by atoms with E-state index in [-0.39, 0.29) is 24.5 Å². The number of aliphatic hydroxyl groups is 1. The Hall–Kier alpha value is -2.51. The average molecular weight is 397 g/mol. The van der Waals surface area contributed by atoms with E-state index in [0.717, 1.165) is 10.9 Å². The van der Waals surface area contributed by atoms with Crippen LogP contribution in [0.4, 0.5) is 0 Å². The van der Waals surface area contributed by atoms with Crippen molar-refractivity contribution < 1.29 is 19.4 Å². The van der Waals surface area contributed by atoms with Crippen molar-refractivity contribution in [3.63, 3.8) is 0 Å². The molecule has 2 aliphatic heterocycles. The molecule has 2 fully saturated rings. The van der Waals surface area contributed by atoms with Crippen LogP contribution in [0.3, 0.4) is 0 Å². The molecule has 29 heavy (non-hydrogen) atoms. The van der Waals surface area contributed by atoms with Crippen LogP contribution in [0, 0.1) is 0 Å². The van der Waals surface area contributed by atoms with Gasteiger partial charge in [-0.1, -0.05) is 24.3 Å². The van der Waals surface area contributed by atoms with E-state index in [1.54, 1.807) is 13.0 Å². The summed E-state index contributed by atoms with van der Waals surface area (Å²) in [4.78, 5) is 30.8. The predicted molar refractivity (Wildman–Crippen MR) is 108 cm³/mol. The molecule has 7 nitrogen and oxygen atoms in total. The highest BCUT2D eigenvalue weighted by Crippen LogP contribution is 2.38. The van der Waals surface area contributed by atoms with Crippen molar-refractivity contribution >= 4 is 22.7 Å². The van der Waals surface area contributed by atoms with Crippen LogP contribution in [0.25, 0.3) is 10.9 Å². The number of rotatable bonds is 2. The van der Waals surface area contributed by atoms with E-state index < -0.39 is 11.2 Å². The summed E-state index contributed by atoms with van der Waals surface area (Å²) in [6.07, 6.45) is 1.87.